The summed E-state index contributed by atoms with van der Waals surface area (Å²) < 4.78 is 21.1. The Bertz CT molecular complexity index is 896. The maximum absolute atomic E-state index is 12.7. The molecule has 3 rings (SSSR count). The van der Waals surface area contributed by atoms with Crippen molar-refractivity contribution in [2.75, 3.05) is 33.8 Å². The Morgan fingerprint density at radius 2 is 1.61 bits per heavy atom. The van der Waals surface area contributed by atoms with E-state index in [0.717, 1.165) is 5.56 Å². The van der Waals surface area contributed by atoms with Crippen LogP contribution >= 0.6 is 0 Å². The van der Waals surface area contributed by atoms with Gasteiger partial charge in [0.1, 0.15) is 23.0 Å². The highest BCUT2D eigenvalue weighted by Crippen LogP contribution is 2.31. The zero-order chi connectivity index (χ0) is 20.1. The third kappa shape index (κ3) is 3.95. The fraction of sp³-hybridized carbons (Fsp3) is 0.300. The summed E-state index contributed by atoms with van der Waals surface area (Å²) in [6, 6.07) is 10.5. The van der Waals surface area contributed by atoms with Gasteiger partial charge in [0, 0.05) is 18.1 Å². The Balaban J connectivity index is 1.74. The summed E-state index contributed by atoms with van der Waals surface area (Å²) in [6.45, 7) is 0. The largest absolute Gasteiger partial charge is 0.497 e. The molecule has 0 bridgehead atoms. The van der Waals surface area contributed by atoms with Crippen LogP contribution in [-0.4, -0.2) is 46.2 Å². The number of benzene rings is 2. The van der Waals surface area contributed by atoms with E-state index in [2.05, 4.69) is 10.5 Å². The fourth-order valence-electron chi connectivity index (χ4n) is 2.84. The van der Waals surface area contributed by atoms with E-state index in [9.17, 15) is 4.79 Å². The molecule has 148 valence electrons. The number of nitrogens with one attached hydrogen (secondary N) is 1. The number of anilines is 1. The summed E-state index contributed by atoms with van der Waals surface area (Å²) in [7, 11) is 6.23. The highest BCUT2D eigenvalue weighted by atomic mass is 16.6. The molecule has 0 aliphatic carbocycles. The standard InChI is InChI=1S/C20H22N2O6/c1-24-12-5-7-17(26-3)14(9-12)15-11-19(28-22-15)20(23)21-16-10-13(25-2)6-8-18(16)27-4/h5-10,19H,11H2,1-4H3,(H,21,23)/t19-/m0/s1. The monoisotopic (exact) mass is 386 g/mol. The molecule has 1 aliphatic heterocycles. The number of amides is 1. The van der Waals surface area contributed by atoms with Crippen molar-refractivity contribution in [3.8, 4) is 23.0 Å². The quantitative estimate of drug-likeness (QED) is 0.787. The average Bonchev–Trinajstić information content (AvgIpc) is 3.23. The van der Waals surface area contributed by atoms with Gasteiger partial charge in [-0.2, -0.15) is 0 Å². The van der Waals surface area contributed by atoms with Crippen LogP contribution in [0.5, 0.6) is 23.0 Å². The molecular weight excluding hydrogens is 364 g/mol. The molecule has 0 aromatic heterocycles. The molecule has 1 heterocycles. The number of hydrogen-bond donors (Lipinski definition) is 1. The van der Waals surface area contributed by atoms with Crippen molar-refractivity contribution >= 4 is 17.3 Å². The number of hydrogen-bond acceptors (Lipinski definition) is 7. The van der Waals surface area contributed by atoms with Crippen LogP contribution in [0, 0.1) is 0 Å². The van der Waals surface area contributed by atoms with Crippen LogP contribution in [0.2, 0.25) is 0 Å². The molecule has 1 N–H and O–H groups in total. The first kappa shape index (κ1) is 19.3. The van der Waals surface area contributed by atoms with Crippen LogP contribution < -0.4 is 24.3 Å². The van der Waals surface area contributed by atoms with Crippen molar-refractivity contribution < 1.29 is 28.6 Å². The molecule has 0 fully saturated rings. The summed E-state index contributed by atoms with van der Waals surface area (Å²) >= 11 is 0. The second-order valence-electron chi connectivity index (χ2n) is 5.96. The summed E-state index contributed by atoms with van der Waals surface area (Å²) in [4.78, 5) is 18.0. The molecule has 0 spiro atoms. The zero-order valence-corrected chi connectivity index (χ0v) is 16.1. The van der Waals surface area contributed by atoms with E-state index in [4.69, 9.17) is 23.8 Å². The van der Waals surface area contributed by atoms with Crippen molar-refractivity contribution in [3.05, 3.63) is 42.0 Å². The fourth-order valence-corrected chi connectivity index (χ4v) is 2.84. The third-order valence-corrected chi connectivity index (χ3v) is 4.34. The van der Waals surface area contributed by atoms with Gasteiger partial charge in [-0.15, -0.1) is 0 Å². The van der Waals surface area contributed by atoms with Crippen LogP contribution in [0.4, 0.5) is 5.69 Å². The molecule has 2 aromatic rings. The van der Waals surface area contributed by atoms with Gasteiger partial charge in [0.25, 0.3) is 5.91 Å². The van der Waals surface area contributed by atoms with Crippen LogP contribution in [0.25, 0.3) is 0 Å². The molecule has 8 heteroatoms. The number of nitrogens with zero attached hydrogens (tertiary/aromatic N) is 1. The number of oxime groups is 1. The Morgan fingerprint density at radius 1 is 0.964 bits per heavy atom. The lowest BCUT2D eigenvalue weighted by Gasteiger charge is -2.14. The van der Waals surface area contributed by atoms with E-state index in [0.29, 0.717) is 40.8 Å². The highest BCUT2D eigenvalue weighted by Gasteiger charge is 2.31. The maximum atomic E-state index is 12.7. The van der Waals surface area contributed by atoms with Gasteiger partial charge >= 0.3 is 0 Å². The number of rotatable bonds is 7. The van der Waals surface area contributed by atoms with Gasteiger partial charge in [0.15, 0.2) is 0 Å². The zero-order valence-electron chi connectivity index (χ0n) is 16.1. The van der Waals surface area contributed by atoms with Crippen molar-refractivity contribution in [1.82, 2.24) is 0 Å². The smallest absolute Gasteiger partial charge is 0.268 e. The van der Waals surface area contributed by atoms with Gasteiger partial charge in [-0.3, -0.25) is 4.79 Å². The molecule has 1 aliphatic rings. The van der Waals surface area contributed by atoms with Crippen LogP contribution in [0.3, 0.4) is 0 Å². The van der Waals surface area contributed by atoms with Crippen LogP contribution in [0.15, 0.2) is 41.6 Å². The third-order valence-electron chi connectivity index (χ3n) is 4.34. The van der Waals surface area contributed by atoms with Gasteiger partial charge in [-0.05, 0) is 30.3 Å². The van der Waals surface area contributed by atoms with Gasteiger partial charge in [-0.1, -0.05) is 5.16 Å². The average molecular weight is 386 g/mol. The lowest BCUT2D eigenvalue weighted by Crippen LogP contribution is -2.28. The first-order valence-corrected chi connectivity index (χ1v) is 8.57. The molecule has 0 saturated heterocycles. The topological polar surface area (TPSA) is 87.6 Å². The number of methoxy groups -OCH3 is 4. The molecule has 1 amide bonds. The van der Waals surface area contributed by atoms with E-state index in [1.807, 2.05) is 0 Å². The second-order valence-corrected chi connectivity index (χ2v) is 5.96. The van der Waals surface area contributed by atoms with Gasteiger partial charge in [0.05, 0.1) is 39.8 Å². The molecular formula is C20H22N2O6. The van der Waals surface area contributed by atoms with E-state index in [1.165, 1.54) is 7.11 Å². The van der Waals surface area contributed by atoms with Gasteiger partial charge in [-0.25, -0.2) is 0 Å². The minimum Gasteiger partial charge on any atom is -0.497 e. The van der Waals surface area contributed by atoms with Crippen LogP contribution in [0.1, 0.15) is 12.0 Å². The molecule has 0 saturated carbocycles. The number of carbonyl (C=O) groups excluding carboxylic acids is 1. The number of ether oxygens (including phenoxy) is 4. The van der Waals surface area contributed by atoms with Crippen molar-refractivity contribution in [2.45, 2.75) is 12.5 Å². The predicted molar refractivity (Wildman–Crippen MR) is 104 cm³/mol. The Hall–Kier alpha value is -3.42. The lowest BCUT2D eigenvalue weighted by atomic mass is 10.0. The SMILES string of the molecule is COc1ccc(OC)c(NC(=O)[C@@H]2CC(c3cc(OC)ccc3OC)=NO2)c1. The van der Waals surface area contributed by atoms with Gasteiger partial charge in [0.2, 0.25) is 6.10 Å². The summed E-state index contributed by atoms with van der Waals surface area (Å²) in [6.07, 6.45) is -0.483. The molecule has 2 aromatic carbocycles. The summed E-state index contributed by atoms with van der Waals surface area (Å²) in [5.74, 6) is 2.06. The predicted octanol–water partition coefficient (Wildman–Crippen LogP) is 2.85. The molecule has 0 unspecified atom stereocenters. The molecule has 1 atom stereocenters. The molecule has 0 radical (unpaired) electrons. The Kier molecular flexibility index (Phi) is 5.88. The molecule has 8 nitrogen and oxygen atoms in total. The van der Waals surface area contributed by atoms with E-state index >= 15 is 0 Å². The Morgan fingerprint density at radius 3 is 2.25 bits per heavy atom. The van der Waals surface area contributed by atoms with E-state index < -0.39 is 6.10 Å². The minimum atomic E-state index is -0.776. The first-order valence-electron chi connectivity index (χ1n) is 8.57. The molecule has 28 heavy (non-hydrogen) atoms. The van der Waals surface area contributed by atoms with E-state index in [1.54, 1.807) is 57.7 Å². The first-order chi connectivity index (χ1) is 13.6. The minimum absolute atomic E-state index is 0.293. The van der Waals surface area contributed by atoms with Crippen molar-refractivity contribution in [3.63, 3.8) is 0 Å². The van der Waals surface area contributed by atoms with Crippen molar-refractivity contribution in [2.24, 2.45) is 5.16 Å². The lowest BCUT2D eigenvalue weighted by molar-refractivity contribution is -0.125. The summed E-state index contributed by atoms with van der Waals surface area (Å²) in [5.41, 5.74) is 1.81. The highest BCUT2D eigenvalue weighted by molar-refractivity contribution is 6.08. The summed E-state index contributed by atoms with van der Waals surface area (Å²) in [5, 5.41) is 6.88. The second kappa shape index (κ2) is 8.51. The van der Waals surface area contributed by atoms with E-state index in [-0.39, 0.29) is 5.91 Å². The Labute approximate surface area is 163 Å². The normalized spacial score (nSPS) is 15.3. The van der Waals surface area contributed by atoms with Gasteiger partial charge < -0.3 is 29.1 Å². The van der Waals surface area contributed by atoms with Crippen molar-refractivity contribution in [1.29, 1.82) is 0 Å². The maximum Gasteiger partial charge on any atom is 0.268 e. The number of carbonyl (C=O) groups is 1. The van der Waals surface area contributed by atoms with Crippen LogP contribution in [-0.2, 0) is 9.63 Å².